The minimum Gasteiger partial charge on any atom is -0.490 e. The summed E-state index contributed by atoms with van der Waals surface area (Å²) < 4.78 is 17.7. The minimum absolute atomic E-state index is 0.146. The summed E-state index contributed by atoms with van der Waals surface area (Å²) >= 11 is 0. The maximum absolute atomic E-state index is 13.0. The Morgan fingerprint density at radius 3 is 2.11 bits per heavy atom. The molecule has 4 rings (SSSR count). The van der Waals surface area contributed by atoms with Gasteiger partial charge >= 0.3 is 6.03 Å². The van der Waals surface area contributed by atoms with Crippen LogP contribution in [-0.2, 0) is 11.3 Å². The van der Waals surface area contributed by atoms with Gasteiger partial charge in [0.15, 0.2) is 0 Å². The van der Waals surface area contributed by atoms with Crippen molar-refractivity contribution in [2.75, 3.05) is 30.8 Å². The lowest BCUT2D eigenvalue weighted by Gasteiger charge is -2.34. The molecule has 1 saturated heterocycles. The number of likely N-dealkylation sites (tertiary alicyclic amines) is 1. The van der Waals surface area contributed by atoms with Crippen molar-refractivity contribution in [2.24, 2.45) is 0 Å². The lowest BCUT2D eigenvalue weighted by molar-refractivity contribution is 0.0843. The topological polar surface area (TPSA) is 101 Å². The summed E-state index contributed by atoms with van der Waals surface area (Å²) in [5, 5.41) is 8.78. The van der Waals surface area contributed by atoms with E-state index in [1.54, 1.807) is 55.6 Å². The molecule has 0 aromatic heterocycles. The number of ether oxygens (including phenoxy) is 3. The van der Waals surface area contributed by atoms with Gasteiger partial charge in [0.1, 0.15) is 23.4 Å². The van der Waals surface area contributed by atoms with Gasteiger partial charge in [-0.3, -0.25) is 4.79 Å². The van der Waals surface area contributed by atoms with Crippen LogP contribution >= 0.6 is 0 Å². The first-order chi connectivity index (χ1) is 21.3. The summed E-state index contributed by atoms with van der Waals surface area (Å²) in [6.07, 6.45) is 3.96. The van der Waals surface area contributed by atoms with Gasteiger partial charge in [-0.15, -0.1) is 0 Å². The van der Waals surface area contributed by atoms with E-state index in [0.29, 0.717) is 41.1 Å². The van der Waals surface area contributed by atoms with E-state index in [1.165, 1.54) is 0 Å². The van der Waals surface area contributed by atoms with E-state index in [9.17, 15) is 9.59 Å². The molecule has 0 spiro atoms. The van der Waals surface area contributed by atoms with Crippen molar-refractivity contribution in [2.45, 2.75) is 78.2 Å². The van der Waals surface area contributed by atoms with E-state index in [0.717, 1.165) is 50.1 Å². The molecule has 3 aromatic rings. The maximum Gasteiger partial charge on any atom is 0.319 e. The second kappa shape index (κ2) is 16.1. The lowest BCUT2D eigenvalue weighted by Crippen LogP contribution is -2.41. The fourth-order valence-corrected chi connectivity index (χ4v) is 5.19. The van der Waals surface area contributed by atoms with E-state index < -0.39 is 0 Å². The predicted molar refractivity (Wildman–Crippen MR) is 175 cm³/mol. The smallest absolute Gasteiger partial charge is 0.319 e. The minimum atomic E-state index is -0.227. The third kappa shape index (κ3) is 9.46. The van der Waals surface area contributed by atoms with Crippen LogP contribution in [-0.4, -0.2) is 55.2 Å². The molecular weight excluding hydrogens is 556 g/mol. The summed E-state index contributed by atoms with van der Waals surface area (Å²) in [5.74, 6) is 1.79. The number of nitrogens with zero attached hydrogens (tertiary/aromatic N) is 1. The Morgan fingerprint density at radius 2 is 1.50 bits per heavy atom. The molecule has 0 unspecified atom stereocenters. The van der Waals surface area contributed by atoms with Crippen LogP contribution in [0.1, 0.15) is 69.3 Å². The molecule has 236 valence electrons. The van der Waals surface area contributed by atoms with Crippen molar-refractivity contribution < 1.29 is 23.8 Å². The monoisotopic (exact) mass is 602 g/mol. The van der Waals surface area contributed by atoms with Crippen molar-refractivity contribution >= 4 is 23.3 Å². The van der Waals surface area contributed by atoms with Crippen LogP contribution in [0.4, 0.5) is 16.2 Å². The van der Waals surface area contributed by atoms with Crippen LogP contribution in [0.15, 0.2) is 66.7 Å². The number of anilines is 2. The maximum atomic E-state index is 13.0. The van der Waals surface area contributed by atoms with Gasteiger partial charge in [-0.25, -0.2) is 4.79 Å². The second-order valence-electron chi connectivity index (χ2n) is 11.4. The highest BCUT2D eigenvalue weighted by Gasteiger charge is 2.22. The fourth-order valence-electron chi connectivity index (χ4n) is 5.19. The molecule has 3 aromatic carbocycles. The van der Waals surface area contributed by atoms with Gasteiger partial charge in [0.2, 0.25) is 0 Å². The molecule has 0 radical (unpaired) electrons. The summed E-state index contributed by atoms with van der Waals surface area (Å²) in [5.41, 5.74) is 2.63. The zero-order chi connectivity index (χ0) is 31.5. The number of hydrogen-bond acceptors (Lipinski definition) is 6. The van der Waals surface area contributed by atoms with Gasteiger partial charge in [-0.2, -0.15) is 0 Å². The fraction of sp³-hybridized carbons (Fsp3) is 0.429. The first-order valence-electron chi connectivity index (χ1n) is 15.6. The Bertz CT molecular complexity index is 1350. The van der Waals surface area contributed by atoms with Crippen molar-refractivity contribution in [3.63, 3.8) is 0 Å². The normalized spacial score (nSPS) is 14.0. The van der Waals surface area contributed by atoms with E-state index in [2.05, 4.69) is 34.7 Å². The third-order valence-corrected chi connectivity index (χ3v) is 7.91. The standard InChI is InChI=1S/C35H46N4O5/c1-6-27(7-2)37-35(41)38-28-10-15-31(16-11-28)44-33-17-12-29(22-26(33)23-42-5)36-34(40)25-8-13-30(14-9-25)43-32-18-20-39(21-19-32)24(3)4/h8-17,22,24,27,32H,6-7,18-21,23H2,1-5H3,(H,36,40)(H2,37,38,41). The third-order valence-electron chi connectivity index (χ3n) is 7.91. The molecule has 1 aliphatic rings. The molecule has 0 bridgehead atoms. The quantitative estimate of drug-likeness (QED) is 0.188. The average molecular weight is 603 g/mol. The van der Waals surface area contributed by atoms with Gasteiger partial charge in [0.25, 0.3) is 5.91 Å². The Balaban J connectivity index is 1.33. The number of rotatable bonds is 13. The van der Waals surface area contributed by atoms with E-state index in [4.69, 9.17) is 14.2 Å². The molecule has 9 nitrogen and oxygen atoms in total. The van der Waals surface area contributed by atoms with Crippen molar-refractivity contribution in [1.29, 1.82) is 0 Å². The molecule has 0 aliphatic carbocycles. The number of hydrogen-bond donors (Lipinski definition) is 3. The number of nitrogens with one attached hydrogen (secondary N) is 3. The Morgan fingerprint density at radius 1 is 0.864 bits per heavy atom. The van der Waals surface area contributed by atoms with Crippen LogP contribution in [0.3, 0.4) is 0 Å². The van der Waals surface area contributed by atoms with Crippen LogP contribution in [0.25, 0.3) is 0 Å². The largest absolute Gasteiger partial charge is 0.490 e. The predicted octanol–water partition coefficient (Wildman–Crippen LogP) is 7.44. The molecule has 1 heterocycles. The van der Waals surface area contributed by atoms with Crippen LogP contribution in [0, 0.1) is 0 Å². The van der Waals surface area contributed by atoms with Gasteiger partial charge in [-0.1, -0.05) is 13.8 Å². The van der Waals surface area contributed by atoms with Gasteiger partial charge in [0, 0.05) is 54.8 Å². The number of urea groups is 1. The Kier molecular flexibility index (Phi) is 12.0. The molecule has 1 aliphatic heterocycles. The van der Waals surface area contributed by atoms with Crippen molar-refractivity contribution in [1.82, 2.24) is 10.2 Å². The summed E-state index contributed by atoms with van der Waals surface area (Å²) in [7, 11) is 1.61. The van der Waals surface area contributed by atoms with Crippen LogP contribution in [0.5, 0.6) is 17.2 Å². The van der Waals surface area contributed by atoms with E-state index >= 15 is 0 Å². The number of piperidine rings is 1. The highest BCUT2D eigenvalue weighted by atomic mass is 16.5. The second-order valence-corrected chi connectivity index (χ2v) is 11.4. The zero-order valence-electron chi connectivity index (χ0n) is 26.5. The molecule has 0 saturated carbocycles. The van der Waals surface area contributed by atoms with Crippen molar-refractivity contribution in [3.05, 3.63) is 77.9 Å². The first kappa shape index (κ1) is 32.8. The lowest BCUT2D eigenvalue weighted by atomic mass is 10.1. The molecule has 44 heavy (non-hydrogen) atoms. The molecule has 1 fully saturated rings. The van der Waals surface area contributed by atoms with Crippen LogP contribution in [0.2, 0.25) is 0 Å². The highest BCUT2D eigenvalue weighted by Crippen LogP contribution is 2.30. The van der Waals surface area contributed by atoms with Crippen LogP contribution < -0.4 is 25.4 Å². The zero-order valence-corrected chi connectivity index (χ0v) is 26.5. The SMILES string of the molecule is CCC(CC)NC(=O)Nc1ccc(Oc2ccc(NC(=O)c3ccc(OC4CCN(C(C)C)CC4)cc3)cc2COC)cc1. The van der Waals surface area contributed by atoms with Gasteiger partial charge in [-0.05, 0) is 106 Å². The number of amides is 3. The van der Waals surface area contributed by atoms with E-state index in [1.807, 2.05) is 32.0 Å². The molecule has 9 heteroatoms. The number of methoxy groups -OCH3 is 1. The van der Waals surface area contributed by atoms with Gasteiger partial charge in [0.05, 0.1) is 6.61 Å². The summed E-state index contributed by atoms with van der Waals surface area (Å²) in [6.45, 7) is 10.9. The van der Waals surface area contributed by atoms with Crippen molar-refractivity contribution in [3.8, 4) is 17.2 Å². The highest BCUT2D eigenvalue weighted by molar-refractivity contribution is 6.04. The Labute approximate surface area is 261 Å². The molecular formula is C35H46N4O5. The summed E-state index contributed by atoms with van der Waals surface area (Å²) in [4.78, 5) is 27.7. The average Bonchev–Trinajstić information content (AvgIpc) is 3.02. The summed E-state index contributed by atoms with van der Waals surface area (Å²) in [6, 6.07) is 20.4. The molecule has 3 amide bonds. The first-order valence-corrected chi connectivity index (χ1v) is 15.6. The van der Waals surface area contributed by atoms with Gasteiger partial charge < -0.3 is 35.1 Å². The number of benzene rings is 3. The molecule has 0 atom stereocenters. The van der Waals surface area contributed by atoms with E-state index in [-0.39, 0.29) is 24.1 Å². The Hall–Kier alpha value is -4.08. The number of carbonyl (C=O) groups is 2. The number of carbonyl (C=O) groups excluding carboxylic acids is 2. The molecule has 3 N–H and O–H groups in total.